The normalized spacial score (nSPS) is 16.1. The average molecular weight is 221 g/mol. The van der Waals surface area contributed by atoms with Crippen molar-refractivity contribution in [2.24, 2.45) is 5.92 Å². The van der Waals surface area contributed by atoms with Crippen LogP contribution in [0.4, 0.5) is 0 Å². The molecule has 0 bridgehead atoms. The molecule has 1 amide bonds. The summed E-state index contributed by atoms with van der Waals surface area (Å²) >= 11 is 0. The zero-order chi connectivity index (χ0) is 11.4. The van der Waals surface area contributed by atoms with Gasteiger partial charge in [-0.25, -0.2) is 0 Å². The van der Waals surface area contributed by atoms with Crippen LogP contribution in [0.5, 0.6) is 0 Å². The van der Waals surface area contributed by atoms with Crippen molar-refractivity contribution in [2.75, 3.05) is 20.4 Å². The zero-order valence-corrected chi connectivity index (χ0v) is 10.4. The quantitative estimate of drug-likeness (QED) is 0.719. The largest absolute Gasteiger partial charge is 0.359 e. The summed E-state index contributed by atoms with van der Waals surface area (Å²) in [6, 6.07) is 0. The lowest BCUT2D eigenvalue weighted by Gasteiger charge is -2.23. The van der Waals surface area contributed by atoms with Crippen molar-refractivity contribution in [2.45, 2.75) is 26.4 Å². The Labute approximate surface area is 85.9 Å². The number of hydrogen-bond donors (Lipinski definition) is 1. The molecule has 0 saturated carbocycles. The van der Waals surface area contributed by atoms with E-state index >= 15 is 0 Å². The lowest BCUT2D eigenvalue weighted by Crippen LogP contribution is -2.34. The van der Waals surface area contributed by atoms with Crippen molar-refractivity contribution in [1.29, 1.82) is 0 Å². The summed E-state index contributed by atoms with van der Waals surface area (Å²) in [5.41, 5.74) is 0. The van der Waals surface area contributed by atoms with Crippen molar-refractivity contribution < 1.29 is 13.9 Å². The van der Waals surface area contributed by atoms with Crippen LogP contribution in [0.3, 0.4) is 0 Å². The monoisotopic (exact) mass is 221 g/mol. The summed E-state index contributed by atoms with van der Waals surface area (Å²) in [6.07, 6.45) is 0.377. The van der Waals surface area contributed by atoms with Gasteiger partial charge < -0.3 is 9.84 Å². The molecule has 0 rings (SSSR count). The van der Waals surface area contributed by atoms with E-state index in [4.69, 9.17) is 4.52 Å². The van der Waals surface area contributed by atoms with Crippen LogP contribution in [0.15, 0.2) is 0 Å². The summed E-state index contributed by atoms with van der Waals surface area (Å²) < 4.78 is 16.7. The maximum atomic E-state index is 11.4. The standard InChI is InChI=1S/C9H20NO3P/c1-6-8(9(11)10-3)7(2)13-14(4,5)12/h7-8H,6H2,1-5H3,(H,10,11). The molecule has 2 atom stereocenters. The number of carbonyl (C=O) groups excluding carboxylic acids is 1. The van der Waals surface area contributed by atoms with Crippen molar-refractivity contribution in [3.63, 3.8) is 0 Å². The number of hydrogen-bond acceptors (Lipinski definition) is 3. The second kappa shape index (κ2) is 5.52. The van der Waals surface area contributed by atoms with E-state index in [2.05, 4.69) is 5.32 Å². The highest BCUT2D eigenvalue weighted by Crippen LogP contribution is 2.40. The van der Waals surface area contributed by atoms with Crippen LogP contribution in [0.1, 0.15) is 20.3 Å². The van der Waals surface area contributed by atoms with Crippen molar-refractivity contribution in [3.8, 4) is 0 Å². The van der Waals surface area contributed by atoms with Gasteiger partial charge in [0.2, 0.25) is 5.91 Å². The third kappa shape index (κ3) is 4.77. The van der Waals surface area contributed by atoms with Crippen LogP contribution in [-0.2, 0) is 13.9 Å². The summed E-state index contributed by atoms with van der Waals surface area (Å²) in [4.78, 5) is 11.4. The van der Waals surface area contributed by atoms with E-state index < -0.39 is 7.37 Å². The van der Waals surface area contributed by atoms with Gasteiger partial charge in [-0.3, -0.25) is 9.36 Å². The van der Waals surface area contributed by atoms with Crippen LogP contribution in [-0.4, -0.2) is 32.4 Å². The Morgan fingerprint density at radius 1 is 1.50 bits per heavy atom. The Hall–Kier alpha value is -0.340. The Morgan fingerprint density at radius 3 is 2.29 bits per heavy atom. The molecule has 14 heavy (non-hydrogen) atoms. The maximum Gasteiger partial charge on any atom is 0.225 e. The first-order chi connectivity index (χ1) is 6.31. The number of carbonyl (C=O) groups is 1. The summed E-state index contributed by atoms with van der Waals surface area (Å²) in [5, 5.41) is 2.57. The molecule has 0 aromatic heterocycles. The first-order valence-corrected chi connectivity index (χ1v) is 7.28. The van der Waals surface area contributed by atoms with E-state index in [1.165, 1.54) is 0 Å². The lowest BCUT2D eigenvalue weighted by molar-refractivity contribution is -0.127. The van der Waals surface area contributed by atoms with Crippen molar-refractivity contribution in [1.82, 2.24) is 5.32 Å². The van der Waals surface area contributed by atoms with E-state index in [-0.39, 0.29) is 17.9 Å². The van der Waals surface area contributed by atoms with Gasteiger partial charge in [-0.15, -0.1) is 0 Å². The lowest BCUT2D eigenvalue weighted by atomic mass is 10.0. The predicted molar refractivity (Wildman–Crippen MR) is 57.8 cm³/mol. The molecule has 0 aromatic rings. The molecule has 0 fully saturated rings. The smallest absolute Gasteiger partial charge is 0.225 e. The molecule has 0 aromatic carbocycles. The van der Waals surface area contributed by atoms with Gasteiger partial charge >= 0.3 is 0 Å². The van der Waals surface area contributed by atoms with Crippen LogP contribution in [0, 0.1) is 5.92 Å². The minimum absolute atomic E-state index is 0.0616. The molecule has 0 saturated heterocycles. The van der Waals surface area contributed by atoms with Crippen molar-refractivity contribution >= 4 is 13.3 Å². The molecule has 4 nitrogen and oxygen atoms in total. The second-order valence-electron chi connectivity index (χ2n) is 3.69. The third-order valence-corrected chi connectivity index (χ3v) is 2.85. The Morgan fingerprint density at radius 2 is 2.00 bits per heavy atom. The highest BCUT2D eigenvalue weighted by molar-refractivity contribution is 7.57. The molecule has 0 spiro atoms. The SMILES string of the molecule is CCC(C(=O)NC)C(C)OP(C)(C)=O. The van der Waals surface area contributed by atoms with Crippen LogP contribution >= 0.6 is 7.37 Å². The molecule has 5 heteroatoms. The van der Waals surface area contributed by atoms with Crippen molar-refractivity contribution in [3.05, 3.63) is 0 Å². The van der Waals surface area contributed by atoms with E-state index in [0.29, 0.717) is 6.42 Å². The number of nitrogens with one attached hydrogen (secondary N) is 1. The molecule has 0 radical (unpaired) electrons. The minimum atomic E-state index is -2.52. The molecule has 0 aliphatic carbocycles. The minimum Gasteiger partial charge on any atom is -0.359 e. The summed E-state index contributed by atoms with van der Waals surface area (Å²) in [7, 11) is -0.927. The molecule has 1 N–H and O–H groups in total. The number of amides is 1. The van der Waals surface area contributed by atoms with Gasteiger partial charge in [-0.05, 0) is 13.3 Å². The fourth-order valence-corrected chi connectivity index (χ4v) is 2.34. The highest BCUT2D eigenvalue weighted by Gasteiger charge is 2.26. The molecule has 0 heterocycles. The average Bonchev–Trinajstić information content (AvgIpc) is 2.01. The Bertz CT molecular complexity index is 236. The topological polar surface area (TPSA) is 55.4 Å². The first kappa shape index (κ1) is 13.7. The van der Waals surface area contributed by atoms with Gasteiger partial charge in [0.05, 0.1) is 12.0 Å². The third-order valence-electron chi connectivity index (χ3n) is 2.01. The van der Waals surface area contributed by atoms with E-state index in [0.717, 1.165) is 0 Å². The van der Waals surface area contributed by atoms with E-state index in [9.17, 15) is 9.36 Å². The van der Waals surface area contributed by atoms with Gasteiger partial charge in [-0.1, -0.05) is 6.92 Å². The van der Waals surface area contributed by atoms with Gasteiger partial charge in [-0.2, -0.15) is 0 Å². The summed E-state index contributed by atoms with van der Waals surface area (Å²) in [6.45, 7) is 6.80. The van der Waals surface area contributed by atoms with E-state index in [1.807, 2.05) is 6.92 Å². The molecule has 84 valence electrons. The van der Waals surface area contributed by atoms with E-state index in [1.54, 1.807) is 27.3 Å². The molecule has 0 aliphatic rings. The van der Waals surface area contributed by atoms with Gasteiger partial charge in [0.15, 0.2) is 7.37 Å². The fourth-order valence-electron chi connectivity index (χ4n) is 1.39. The van der Waals surface area contributed by atoms with Gasteiger partial charge in [0.1, 0.15) is 0 Å². The first-order valence-electron chi connectivity index (χ1n) is 4.76. The second-order valence-corrected chi connectivity index (χ2v) is 6.41. The highest BCUT2D eigenvalue weighted by atomic mass is 31.2. The molecule has 0 aliphatic heterocycles. The fraction of sp³-hybridized carbons (Fsp3) is 0.889. The Balaban J connectivity index is 4.39. The Kier molecular flexibility index (Phi) is 5.38. The predicted octanol–water partition coefficient (Wildman–Crippen LogP) is 1.70. The zero-order valence-electron chi connectivity index (χ0n) is 9.53. The summed E-state index contributed by atoms with van der Waals surface area (Å²) in [5.74, 6) is -0.290. The maximum absolute atomic E-state index is 11.4. The van der Waals surface area contributed by atoms with Crippen LogP contribution in [0.25, 0.3) is 0 Å². The van der Waals surface area contributed by atoms with Gasteiger partial charge in [0.25, 0.3) is 0 Å². The van der Waals surface area contributed by atoms with Crippen LogP contribution in [0.2, 0.25) is 0 Å². The number of rotatable bonds is 5. The molecule has 2 unspecified atom stereocenters. The van der Waals surface area contributed by atoms with Crippen LogP contribution < -0.4 is 5.32 Å². The molecular formula is C9H20NO3P. The van der Waals surface area contributed by atoms with Gasteiger partial charge in [0, 0.05) is 20.4 Å². The molecular weight excluding hydrogens is 201 g/mol.